The van der Waals surface area contributed by atoms with Gasteiger partial charge in [-0.15, -0.1) is 0 Å². The molecule has 1 aliphatic heterocycles. The van der Waals surface area contributed by atoms with Crippen molar-refractivity contribution in [1.82, 2.24) is 14.8 Å². The van der Waals surface area contributed by atoms with Crippen molar-refractivity contribution >= 4 is 24.3 Å². The molecule has 14 heteroatoms. The summed E-state index contributed by atoms with van der Waals surface area (Å²) < 4.78 is 24.0. The predicted molar refractivity (Wildman–Crippen MR) is 119 cm³/mol. The van der Waals surface area contributed by atoms with E-state index in [-0.39, 0.29) is 0 Å². The van der Waals surface area contributed by atoms with Crippen LogP contribution in [0.3, 0.4) is 0 Å². The number of ether oxygens (including phenoxy) is 2. The van der Waals surface area contributed by atoms with Crippen LogP contribution in [0, 0.1) is 5.92 Å². The van der Waals surface area contributed by atoms with Crippen LogP contribution in [-0.2, 0) is 20.5 Å². The van der Waals surface area contributed by atoms with Crippen molar-refractivity contribution in [2.75, 3.05) is 31.7 Å². The van der Waals surface area contributed by atoms with Crippen molar-refractivity contribution in [1.29, 1.82) is 0 Å². The quantitative estimate of drug-likeness (QED) is 0.191. The molecule has 0 bridgehead atoms. The van der Waals surface area contributed by atoms with E-state index in [2.05, 4.69) is 15.4 Å². The molecule has 0 amide bonds. The molecule has 2 aromatic rings. The molecule has 0 aromatic carbocycles. The second-order valence-corrected chi connectivity index (χ2v) is 10.7. The van der Waals surface area contributed by atoms with Crippen molar-refractivity contribution in [2.45, 2.75) is 56.1 Å². The highest BCUT2D eigenvalue weighted by atomic mass is 31.2. The minimum absolute atomic E-state index is 0.450. The standard InChI is InChI=1S/C20H31N4O9P/c1-2-12-5-14(21-6-11-3-4-11)13-7-22-24(18(13)23-12)19-17(28)16(27)15(33-19)8-32-20(9-25,10-26)34(29,30)31/h5,7,11,15-17,19,25-28H,2-4,6,8-10H2,1H3,(H,21,23)(H2,29,30,31)/t15-,16-,17-,19-/m1/s1. The van der Waals surface area contributed by atoms with Crippen molar-refractivity contribution in [3.63, 3.8) is 0 Å². The van der Waals surface area contributed by atoms with Gasteiger partial charge in [0.05, 0.1) is 31.4 Å². The van der Waals surface area contributed by atoms with E-state index in [1.165, 1.54) is 17.5 Å². The summed E-state index contributed by atoms with van der Waals surface area (Å²) in [6, 6.07) is 1.96. The fraction of sp³-hybridized carbons (Fsp3) is 0.700. The van der Waals surface area contributed by atoms with Crippen molar-refractivity contribution in [2.24, 2.45) is 5.92 Å². The van der Waals surface area contributed by atoms with Crippen LogP contribution in [0.5, 0.6) is 0 Å². The Hall–Kier alpha value is -1.67. The fourth-order valence-electron chi connectivity index (χ4n) is 3.88. The highest BCUT2D eigenvalue weighted by Crippen LogP contribution is 2.51. The average Bonchev–Trinajstić information content (AvgIpc) is 3.48. The average molecular weight is 502 g/mol. The van der Waals surface area contributed by atoms with Crippen LogP contribution < -0.4 is 5.32 Å². The number of aliphatic hydroxyl groups excluding tert-OH is 4. The first-order chi connectivity index (χ1) is 16.1. The number of fused-ring (bicyclic) bond motifs is 1. The number of aromatic nitrogens is 3. The van der Waals surface area contributed by atoms with Gasteiger partial charge < -0.3 is 45.0 Å². The van der Waals surface area contributed by atoms with Gasteiger partial charge in [-0.05, 0) is 31.2 Å². The van der Waals surface area contributed by atoms with Crippen LogP contribution in [-0.4, -0.2) is 95.0 Å². The number of nitrogens with zero attached hydrogens (tertiary/aromatic N) is 3. The Labute approximate surface area is 195 Å². The minimum Gasteiger partial charge on any atom is -0.393 e. The Kier molecular flexibility index (Phi) is 7.30. The van der Waals surface area contributed by atoms with Gasteiger partial charge in [-0.3, -0.25) is 4.57 Å². The molecule has 2 aliphatic rings. The molecule has 1 saturated carbocycles. The summed E-state index contributed by atoms with van der Waals surface area (Å²) in [5.74, 6) is 0.650. The number of hydrogen-bond acceptors (Lipinski definition) is 10. The van der Waals surface area contributed by atoms with Gasteiger partial charge in [0.1, 0.15) is 18.3 Å². The lowest BCUT2D eigenvalue weighted by Gasteiger charge is -2.31. The maximum atomic E-state index is 11.7. The molecule has 2 aromatic heterocycles. The number of nitrogens with one attached hydrogen (secondary N) is 1. The molecule has 0 radical (unpaired) electrons. The third-order valence-electron chi connectivity index (χ3n) is 6.38. The van der Waals surface area contributed by atoms with Crippen molar-refractivity contribution in [3.05, 3.63) is 18.0 Å². The van der Waals surface area contributed by atoms with E-state index in [0.717, 1.165) is 23.3 Å². The molecule has 3 heterocycles. The van der Waals surface area contributed by atoms with Crippen LogP contribution in [0.4, 0.5) is 5.69 Å². The number of aryl methyl sites for hydroxylation is 1. The topological polar surface area (TPSA) is 200 Å². The monoisotopic (exact) mass is 502 g/mol. The lowest BCUT2D eigenvalue weighted by molar-refractivity contribution is -0.121. The Morgan fingerprint density at radius 3 is 2.56 bits per heavy atom. The second kappa shape index (κ2) is 9.76. The van der Waals surface area contributed by atoms with Crippen molar-refractivity contribution < 1.29 is 44.3 Å². The molecule has 4 atom stereocenters. The van der Waals surface area contributed by atoms with Crippen LogP contribution in [0.2, 0.25) is 0 Å². The van der Waals surface area contributed by atoms with E-state index in [0.29, 0.717) is 18.0 Å². The second-order valence-electron chi connectivity index (χ2n) is 8.83. The van der Waals surface area contributed by atoms with Gasteiger partial charge >= 0.3 is 7.60 Å². The van der Waals surface area contributed by atoms with Gasteiger partial charge in [-0.25, -0.2) is 9.67 Å². The SMILES string of the molecule is CCc1cc(NCC2CC2)c2cnn([C@@H]3O[C@H](COC(CO)(CO)P(=O)(O)O)[C@@H](O)[C@H]3O)c2n1. The Morgan fingerprint density at radius 2 is 1.97 bits per heavy atom. The lowest BCUT2D eigenvalue weighted by atomic mass is 10.1. The highest BCUT2D eigenvalue weighted by Gasteiger charge is 2.51. The third kappa shape index (κ3) is 4.72. The zero-order valence-electron chi connectivity index (χ0n) is 18.7. The molecule has 0 unspecified atom stereocenters. The van der Waals surface area contributed by atoms with Crippen molar-refractivity contribution in [3.8, 4) is 0 Å². The molecule has 4 rings (SSSR count). The minimum atomic E-state index is -5.08. The third-order valence-corrected chi connectivity index (χ3v) is 7.85. The fourth-order valence-corrected chi connectivity index (χ4v) is 4.49. The smallest absolute Gasteiger partial charge is 0.361 e. The lowest BCUT2D eigenvalue weighted by Crippen LogP contribution is -2.44. The van der Waals surface area contributed by atoms with E-state index in [9.17, 15) is 34.8 Å². The molecule has 13 nitrogen and oxygen atoms in total. The normalized spacial score (nSPS) is 25.9. The largest absolute Gasteiger partial charge is 0.393 e. The van der Waals surface area contributed by atoms with Gasteiger partial charge in [0.25, 0.3) is 0 Å². The molecular formula is C20H31N4O9P. The Bertz CT molecular complexity index is 1050. The molecular weight excluding hydrogens is 471 g/mol. The first kappa shape index (κ1) is 25.4. The zero-order valence-corrected chi connectivity index (χ0v) is 19.6. The molecule has 1 saturated heterocycles. The number of hydrogen-bond donors (Lipinski definition) is 7. The first-order valence-corrected chi connectivity index (χ1v) is 12.8. The van der Waals surface area contributed by atoms with Gasteiger partial charge in [-0.2, -0.15) is 5.10 Å². The maximum absolute atomic E-state index is 11.7. The summed E-state index contributed by atoms with van der Waals surface area (Å²) in [7, 11) is -5.08. The highest BCUT2D eigenvalue weighted by molar-refractivity contribution is 7.53. The molecule has 190 valence electrons. The molecule has 34 heavy (non-hydrogen) atoms. The number of rotatable bonds is 11. The summed E-state index contributed by atoms with van der Waals surface area (Å²) in [5.41, 5.74) is 2.12. The van der Waals surface area contributed by atoms with E-state index in [1.807, 2.05) is 13.0 Å². The molecule has 0 spiro atoms. The van der Waals surface area contributed by atoms with Crippen LogP contribution in [0.15, 0.2) is 12.3 Å². The summed E-state index contributed by atoms with van der Waals surface area (Å²) >= 11 is 0. The predicted octanol–water partition coefficient (Wildman–Crippen LogP) is -0.690. The van der Waals surface area contributed by atoms with Crippen LogP contribution in [0.25, 0.3) is 11.0 Å². The first-order valence-electron chi connectivity index (χ1n) is 11.2. The summed E-state index contributed by atoms with van der Waals surface area (Å²) in [6.45, 7) is -0.125. The summed E-state index contributed by atoms with van der Waals surface area (Å²) in [4.78, 5) is 23.6. The molecule has 1 aliphatic carbocycles. The summed E-state index contributed by atoms with van der Waals surface area (Å²) in [6.07, 6.45) is -0.647. The van der Waals surface area contributed by atoms with Gasteiger partial charge in [0.15, 0.2) is 11.9 Å². The summed E-state index contributed by atoms with van der Waals surface area (Å²) in [5, 5.41) is 45.9. The van der Waals surface area contributed by atoms with Gasteiger partial charge in [0.2, 0.25) is 5.34 Å². The van der Waals surface area contributed by atoms with Crippen LogP contribution >= 0.6 is 7.60 Å². The van der Waals surface area contributed by atoms with E-state index >= 15 is 0 Å². The van der Waals surface area contributed by atoms with Gasteiger partial charge in [0, 0.05) is 17.9 Å². The van der Waals surface area contributed by atoms with Crippen LogP contribution in [0.1, 0.15) is 31.7 Å². The van der Waals surface area contributed by atoms with E-state index in [1.54, 1.807) is 6.20 Å². The number of anilines is 1. The van der Waals surface area contributed by atoms with E-state index < -0.39 is 57.3 Å². The molecule has 7 N–H and O–H groups in total. The maximum Gasteiger partial charge on any atom is 0.361 e. The van der Waals surface area contributed by atoms with E-state index in [4.69, 9.17) is 9.47 Å². The van der Waals surface area contributed by atoms with Gasteiger partial charge in [-0.1, -0.05) is 6.92 Å². The number of pyridine rings is 1. The Balaban J connectivity index is 1.57. The Morgan fingerprint density at radius 1 is 1.26 bits per heavy atom. The molecule has 2 fully saturated rings. The zero-order chi connectivity index (χ0) is 24.7. The number of aliphatic hydroxyl groups is 4.